The molecule has 106 valence electrons. The van der Waals surface area contributed by atoms with Crippen LogP contribution in [0.15, 0.2) is 6.07 Å². The van der Waals surface area contributed by atoms with Crippen LogP contribution in [0.1, 0.15) is 46.4 Å². The van der Waals surface area contributed by atoms with Gasteiger partial charge in [0.1, 0.15) is 17.5 Å². The molecule has 0 saturated heterocycles. The standard InChI is InChI=1S/C15H26N4/c1-5-12-18-13(16-6-2)9-14(19-12)17-10-15(7-8-15)11(3)4/h9,11H,5-8,10H2,1-4H3,(H2,16,17,18,19). The lowest BCUT2D eigenvalue weighted by Crippen LogP contribution is -2.21. The predicted molar refractivity (Wildman–Crippen MR) is 80.6 cm³/mol. The van der Waals surface area contributed by atoms with E-state index in [4.69, 9.17) is 0 Å². The third-order valence-corrected chi connectivity index (χ3v) is 4.19. The van der Waals surface area contributed by atoms with Gasteiger partial charge in [0, 0.05) is 25.6 Å². The van der Waals surface area contributed by atoms with E-state index < -0.39 is 0 Å². The van der Waals surface area contributed by atoms with E-state index in [0.717, 1.165) is 42.9 Å². The maximum absolute atomic E-state index is 4.56. The highest BCUT2D eigenvalue weighted by Gasteiger charge is 2.44. The third kappa shape index (κ3) is 3.37. The molecule has 1 aliphatic carbocycles. The summed E-state index contributed by atoms with van der Waals surface area (Å²) in [6, 6.07) is 2.01. The Morgan fingerprint density at radius 3 is 2.26 bits per heavy atom. The molecule has 1 aromatic rings. The normalized spacial score (nSPS) is 16.5. The van der Waals surface area contributed by atoms with Gasteiger partial charge in [-0.2, -0.15) is 0 Å². The summed E-state index contributed by atoms with van der Waals surface area (Å²) < 4.78 is 0. The molecule has 0 unspecified atom stereocenters. The second kappa shape index (κ2) is 5.76. The monoisotopic (exact) mass is 262 g/mol. The van der Waals surface area contributed by atoms with Crippen LogP contribution in [0.25, 0.3) is 0 Å². The minimum Gasteiger partial charge on any atom is -0.370 e. The number of aryl methyl sites for hydroxylation is 1. The van der Waals surface area contributed by atoms with Crippen molar-refractivity contribution in [2.24, 2.45) is 11.3 Å². The van der Waals surface area contributed by atoms with Crippen LogP contribution < -0.4 is 10.6 Å². The molecule has 0 aliphatic heterocycles. The van der Waals surface area contributed by atoms with Crippen LogP contribution >= 0.6 is 0 Å². The highest BCUT2D eigenvalue weighted by molar-refractivity contribution is 5.47. The molecule has 0 atom stereocenters. The third-order valence-electron chi connectivity index (χ3n) is 4.19. The van der Waals surface area contributed by atoms with Gasteiger partial charge in [0.25, 0.3) is 0 Å². The summed E-state index contributed by atoms with van der Waals surface area (Å²) >= 11 is 0. The molecule has 0 bridgehead atoms. The number of nitrogens with zero attached hydrogens (tertiary/aromatic N) is 2. The molecular weight excluding hydrogens is 236 g/mol. The van der Waals surface area contributed by atoms with Gasteiger partial charge in [0.05, 0.1) is 0 Å². The van der Waals surface area contributed by atoms with E-state index in [-0.39, 0.29) is 0 Å². The lowest BCUT2D eigenvalue weighted by atomic mass is 9.92. The smallest absolute Gasteiger partial charge is 0.132 e. The van der Waals surface area contributed by atoms with Crippen LogP contribution in [0.3, 0.4) is 0 Å². The van der Waals surface area contributed by atoms with Gasteiger partial charge in [0.15, 0.2) is 0 Å². The van der Waals surface area contributed by atoms with E-state index in [1.165, 1.54) is 12.8 Å². The van der Waals surface area contributed by atoms with Gasteiger partial charge in [-0.15, -0.1) is 0 Å². The van der Waals surface area contributed by atoms with E-state index in [1.807, 2.05) is 6.07 Å². The van der Waals surface area contributed by atoms with Gasteiger partial charge < -0.3 is 10.6 Å². The van der Waals surface area contributed by atoms with Gasteiger partial charge in [0.2, 0.25) is 0 Å². The topological polar surface area (TPSA) is 49.8 Å². The Bertz CT molecular complexity index is 424. The van der Waals surface area contributed by atoms with E-state index in [2.05, 4.69) is 48.3 Å². The molecular formula is C15H26N4. The summed E-state index contributed by atoms with van der Waals surface area (Å²) in [5.41, 5.74) is 0.496. The highest BCUT2D eigenvalue weighted by Crippen LogP contribution is 2.51. The Balaban J connectivity index is 2.05. The molecule has 1 saturated carbocycles. The first-order valence-corrected chi connectivity index (χ1v) is 7.45. The maximum Gasteiger partial charge on any atom is 0.132 e. The molecule has 4 heteroatoms. The first kappa shape index (κ1) is 14.1. The quantitative estimate of drug-likeness (QED) is 0.791. The average molecular weight is 262 g/mol. The molecule has 4 nitrogen and oxygen atoms in total. The Morgan fingerprint density at radius 2 is 1.79 bits per heavy atom. The maximum atomic E-state index is 4.56. The number of hydrogen-bond donors (Lipinski definition) is 2. The first-order chi connectivity index (χ1) is 9.09. The van der Waals surface area contributed by atoms with Gasteiger partial charge in [-0.05, 0) is 31.1 Å². The second-order valence-corrected chi connectivity index (χ2v) is 5.81. The zero-order valence-electron chi connectivity index (χ0n) is 12.6. The summed E-state index contributed by atoms with van der Waals surface area (Å²) in [6.45, 7) is 10.7. The summed E-state index contributed by atoms with van der Waals surface area (Å²) in [5.74, 6) is 3.51. The number of nitrogens with one attached hydrogen (secondary N) is 2. The Labute approximate surface area is 116 Å². The van der Waals surface area contributed by atoms with Crippen LogP contribution in [0, 0.1) is 11.3 Å². The Kier molecular flexibility index (Phi) is 4.27. The van der Waals surface area contributed by atoms with Crippen LogP contribution in [0.5, 0.6) is 0 Å². The average Bonchev–Trinajstić information content (AvgIpc) is 3.18. The summed E-state index contributed by atoms with van der Waals surface area (Å²) in [5, 5.41) is 6.78. The molecule has 0 amide bonds. The largest absolute Gasteiger partial charge is 0.370 e. The molecule has 0 radical (unpaired) electrons. The molecule has 1 fully saturated rings. The second-order valence-electron chi connectivity index (χ2n) is 5.81. The summed E-state index contributed by atoms with van der Waals surface area (Å²) in [4.78, 5) is 9.04. The molecule has 0 aromatic carbocycles. The van der Waals surface area contributed by atoms with Crippen molar-refractivity contribution < 1.29 is 0 Å². The van der Waals surface area contributed by atoms with Crippen LogP contribution in [0.2, 0.25) is 0 Å². The van der Waals surface area contributed by atoms with Gasteiger partial charge in [-0.3, -0.25) is 0 Å². The fourth-order valence-electron chi connectivity index (χ4n) is 2.40. The van der Waals surface area contributed by atoms with Crippen molar-refractivity contribution in [2.45, 2.75) is 47.0 Å². The van der Waals surface area contributed by atoms with Crippen molar-refractivity contribution in [3.63, 3.8) is 0 Å². The number of rotatable bonds is 7. The van der Waals surface area contributed by atoms with Gasteiger partial charge in [-0.25, -0.2) is 9.97 Å². The lowest BCUT2D eigenvalue weighted by Gasteiger charge is -2.20. The van der Waals surface area contributed by atoms with Crippen molar-refractivity contribution in [2.75, 3.05) is 23.7 Å². The molecule has 2 rings (SSSR count). The van der Waals surface area contributed by atoms with E-state index >= 15 is 0 Å². The van der Waals surface area contributed by atoms with E-state index in [1.54, 1.807) is 0 Å². The minimum atomic E-state index is 0.496. The molecule has 2 N–H and O–H groups in total. The van der Waals surface area contributed by atoms with Crippen molar-refractivity contribution in [1.82, 2.24) is 9.97 Å². The Hall–Kier alpha value is -1.32. The zero-order valence-corrected chi connectivity index (χ0v) is 12.6. The van der Waals surface area contributed by atoms with E-state index in [9.17, 15) is 0 Å². The summed E-state index contributed by atoms with van der Waals surface area (Å²) in [7, 11) is 0. The summed E-state index contributed by atoms with van der Waals surface area (Å²) in [6.07, 6.45) is 3.54. The van der Waals surface area contributed by atoms with Gasteiger partial charge in [-0.1, -0.05) is 20.8 Å². The predicted octanol–water partition coefficient (Wildman–Crippen LogP) is 3.32. The SMILES string of the molecule is CCNc1cc(NCC2(C(C)C)CC2)nc(CC)n1. The number of anilines is 2. The number of aromatic nitrogens is 2. The van der Waals surface area contributed by atoms with Crippen molar-refractivity contribution in [1.29, 1.82) is 0 Å². The number of hydrogen-bond acceptors (Lipinski definition) is 4. The molecule has 0 spiro atoms. The van der Waals surface area contributed by atoms with Crippen molar-refractivity contribution in [3.8, 4) is 0 Å². The van der Waals surface area contributed by atoms with Gasteiger partial charge >= 0.3 is 0 Å². The first-order valence-electron chi connectivity index (χ1n) is 7.45. The fourth-order valence-corrected chi connectivity index (χ4v) is 2.40. The molecule has 1 heterocycles. The Morgan fingerprint density at radius 1 is 1.16 bits per heavy atom. The van der Waals surface area contributed by atoms with Crippen molar-refractivity contribution >= 4 is 11.6 Å². The molecule has 1 aromatic heterocycles. The van der Waals surface area contributed by atoms with Crippen LogP contribution in [-0.2, 0) is 6.42 Å². The van der Waals surface area contributed by atoms with Crippen molar-refractivity contribution in [3.05, 3.63) is 11.9 Å². The molecule has 1 aliphatic rings. The highest BCUT2D eigenvalue weighted by atomic mass is 15.1. The minimum absolute atomic E-state index is 0.496. The van der Waals surface area contributed by atoms with Crippen LogP contribution in [-0.4, -0.2) is 23.1 Å². The van der Waals surface area contributed by atoms with Crippen LogP contribution in [0.4, 0.5) is 11.6 Å². The fraction of sp³-hybridized carbons (Fsp3) is 0.733. The zero-order chi connectivity index (χ0) is 13.9. The molecule has 19 heavy (non-hydrogen) atoms. The lowest BCUT2D eigenvalue weighted by molar-refractivity contribution is 0.380. The van der Waals surface area contributed by atoms with E-state index in [0.29, 0.717) is 5.41 Å².